The summed E-state index contributed by atoms with van der Waals surface area (Å²) in [5, 5.41) is 1.28. The average molecular weight is 344 g/mol. The second kappa shape index (κ2) is 5.31. The highest BCUT2D eigenvalue weighted by atomic mass is 16.2. The van der Waals surface area contributed by atoms with E-state index in [4.69, 9.17) is 0 Å². The summed E-state index contributed by atoms with van der Waals surface area (Å²) in [6.07, 6.45) is 1.71. The third-order valence-corrected chi connectivity index (χ3v) is 6.29. The normalized spacial score (nSPS) is 22.7. The first-order valence-corrected chi connectivity index (χ1v) is 9.43. The molecular weight excluding hydrogens is 320 g/mol. The van der Waals surface area contributed by atoms with Crippen molar-refractivity contribution in [1.29, 1.82) is 0 Å². The van der Waals surface area contributed by atoms with E-state index in [9.17, 15) is 4.79 Å². The number of nitrogens with zero attached hydrogens (tertiary/aromatic N) is 2. The molecule has 2 aliphatic rings. The van der Waals surface area contributed by atoms with Gasteiger partial charge in [0.25, 0.3) is 0 Å². The first kappa shape index (κ1) is 15.8. The predicted molar refractivity (Wildman–Crippen MR) is 105 cm³/mol. The highest BCUT2D eigenvalue weighted by molar-refractivity contribution is 6.04. The summed E-state index contributed by atoms with van der Waals surface area (Å²) in [7, 11) is 2.17. The topological polar surface area (TPSA) is 25.2 Å². The Morgan fingerprint density at radius 1 is 1.12 bits per heavy atom. The van der Waals surface area contributed by atoms with Gasteiger partial charge in [-0.25, -0.2) is 0 Å². The highest BCUT2D eigenvalue weighted by Crippen LogP contribution is 2.42. The molecule has 3 heteroatoms. The summed E-state index contributed by atoms with van der Waals surface area (Å²) in [5.74, 6) is 0.232. The molecule has 0 fully saturated rings. The molecule has 3 aromatic rings. The van der Waals surface area contributed by atoms with E-state index in [1.807, 2.05) is 18.2 Å². The molecule has 2 aromatic carbocycles. The lowest BCUT2D eigenvalue weighted by atomic mass is 9.74. The molecule has 3 heterocycles. The quantitative estimate of drug-likeness (QED) is 0.664. The minimum Gasteiger partial charge on any atom is -0.302 e. The van der Waals surface area contributed by atoms with Gasteiger partial charge >= 0.3 is 0 Å². The molecule has 0 amide bonds. The number of hydrogen-bond donors (Lipinski definition) is 0. The second-order valence-electron chi connectivity index (χ2n) is 8.25. The van der Waals surface area contributed by atoms with E-state index >= 15 is 0 Å². The third-order valence-electron chi connectivity index (χ3n) is 6.29. The van der Waals surface area contributed by atoms with Gasteiger partial charge in [-0.1, -0.05) is 42.0 Å². The SMILES string of the molecule is Cc1cc2c3c(c1)c1c(n3C(=O)C(C)(c3ccccc3)C2)CCN(C)C1. The van der Waals surface area contributed by atoms with Gasteiger partial charge in [-0.3, -0.25) is 9.36 Å². The molecule has 0 aliphatic carbocycles. The van der Waals surface area contributed by atoms with Crippen LogP contribution in [0.2, 0.25) is 0 Å². The van der Waals surface area contributed by atoms with Gasteiger partial charge in [-0.2, -0.15) is 0 Å². The van der Waals surface area contributed by atoms with Crippen LogP contribution in [0.25, 0.3) is 10.9 Å². The molecule has 0 N–H and O–H groups in total. The number of aromatic nitrogens is 1. The van der Waals surface area contributed by atoms with Crippen molar-refractivity contribution < 1.29 is 4.79 Å². The van der Waals surface area contributed by atoms with Gasteiger partial charge in [-0.15, -0.1) is 0 Å². The zero-order chi connectivity index (χ0) is 18.1. The fraction of sp³-hybridized carbons (Fsp3) is 0.348. The van der Waals surface area contributed by atoms with Crippen molar-refractivity contribution in [3.63, 3.8) is 0 Å². The van der Waals surface area contributed by atoms with E-state index in [1.165, 1.54) is 27.8 Å². The van der Waals surface area contributed by atoms with Gasteiger partial charge in [0.1, 0.15) is 0 Å². The molecule has 2 aliphatic heterocycles. The number of benzene rings is 2. The zero-order valence-electron chi connectivity index (χ0n) is 15.7. The van der Waals surface area contributed by atoms with Crippen molar-refractivity contribution in [2.45, 2.75) is 38.6 Å². The number of hydrogen-bond acceptors (Lipinski definition) is 2. The summed E-state index contributed by atoms with van der Waals surface area (Å²) in [5.41, 5.74) is 6.94. The fourth-order valence-electron chi connectivity index (χ4n) is 4.95. The Morgan fingerprint density at radius 2 is 1.88 bits per heavy atom. The summed E-state index contributed by atoms with van der Waals surface area (Å²) in [4.78, 5) is 16.1. The van der Waals surface area contributed by atoms with Crippen LogP contribution in [0, 0.1) is 6.92 Å². The van der Waals surface area contributed by atoms with Crippen molar-refractivity contribution in [1.82, 2.24) is 9.47 Å². The van der Waals surface area contributed by atoms with E-state index in [1.54, 1.807) is 0 Å². The van der Waals surface area contributed by atoms with Gasteiger partial charge in [-0.05, 0) is 50.1 Å². The minimum absolute atomic E-state index is 0.232. The molecule has 26 heavy (non-hydrogen) atoms. The maximum absolute atomic E-state index is 13.8. The Morgan fingerprint density at radius 3 is 2.65 bits per heavy atom. The number of rotatable bonds is 1. The zero-order valence-corrected chi connectivity index (χ0v) is 15.7. The van der Waals surface area contributed by atoms with Gasteiger partial charge in [0.2, 0.25) is 5.91 Å². The lowest BCUT2D eigenvalue weighted by Gasteiger charge is -2.35. The second-order valence-corrected chi connectivity index (χ2v) is 8.25. The van der Waals surface area contributed by atoms with E-state index < -0.39 is 5.41 Å². The predicted octanol–water partition coefficient (Wildman–Crippen LogP) is 4.09. The third kappa shape index (κ3) is 2.01. The molecule has 0 spiro atoms. The van der Waals surface area contributed by atoms with Crippen LogP contribution in [-0.2, 0) is 24.8 Å². The van der Waals surface area contributed by atoms with Crippen LogP contribution >= 0.6 is 0 Å². The van der Waals surface area contributed by atoms with Crippen molar-refractivity contribution in [3.05, 3.63) is 70.4 Å². The summed E-state index contributed by atoms with van der Waals surface area (Å²) in [6, 6.07) is 14.8. The fourth-order valence-corrected chi connectivity index (χ4v) is 4.95. The van der Waals surface area contributed by atoms with E-state index in [2.05, 4.69) is 54.6 Å². The molecule has 0 radical (unpaired) electrons. The largest absolute Gasteiger partial charge is 0.302 e. The van der Waals surface area contributed by atoms with Crippen LogP contribution < -0.4 is 0 Å². The molecule has 0 bridgehead atoms. The number of aryl methyl sites for hydroxylation is 1. The van der Waals surface area contributed by atoms with Crippen LogP contribution in [0.1, 0.15) is 39.7 Å². The monoisotopic (exact) mass is 344 g/mol. The molecule has 1 aromatic heterocycles. The number of carbonyl (C=O) groups excluding carboxylic acids is 1. The Kier molecular flexibility index (Phi) is 3.23. The van der Waals surface area contributed by atoms with Gasteiger partial charge in [0, 0.05) is 30.6 Å². The van der Waals surface area contributed by atoms with Crippen LogP contribution in [0.15, 0.2) is 42.5 Å². The maximum atomic E-state index is 13.8. The Labute approximate surface area is 154 Å². The Hall–Kier alpha value is -2.39. The van der Waals surface area contributed by atoms with Crippen molar-refractivity contribution in [2.75, 3.05) is 13.6 Å². The molecular formula is C23H24N2O. The smallest absolute Gasteiger partial charge is 0.242 e. The summed E-state index contributed by atoms with van der Waals surface area (Å²) < 4.78 is 2.07. The molecule has 1 unspecified atom stereocenters. The lowest BCUT2D eigenvalue weighted by molar-refractivity contribution is 0.0799. The summed E-state index contributed by atoms with van der Waals surface area (Å²) >= 11 is 0. The molecule has 0 saturated heterocycles. The number of likely N-dealkylation sites (N-methyl/N-ethyl adjacent to an activating group) is 1. The van der Waals surface area contributed by atoms with Crippen molar-refractivity contribution in [3.8, 4) is 0 Å². The maximum Gasteiger partial charge on any atom is 0.242 e. The highest BCUT2D eigenvalue weighted by Gasteiger charge is 2.43. The van der Waals surface area contributed by atoms with Crippen LogP contribution in [0.4, 0.5) is 0 Å². The molecule has 5 rings (SSSR count). The minimum atomic E-state index is -0.509. The number of carbonyl (C=O) groups is 1. The summed E-state index contributed by atoms with van der Waals surface area (Å²) in [6.45, 7) is 6.22. The first-order valence-electron chi connectivity index (χ1n) is 9.43. The van der Waals surface area contributed by atoms with Crippen molar-refractivity contribution in [2.24, 2.45) is 0 Å². The van der Waals surface area contributed by atoms with Crippen LogP contribution in [0.5, 0.6) is 0 Å². The van der Waals surface area contributed by atoms with E-state index in [-0.39, 0.29) is 5.91 Å². The standard InChI is InChI=1S/C23H24N2O/c1-15-11-16-13-23(2,17-7-5-4-6-8-17)22(26)25-20-9-10-24(3)14-19(20)18(12-15)21(16)25/h4-8,11-12H,9-10,13-14H2,1-3H3. The van der Waals surface area contributed by atoms with E-state index in [0.29, 0.717) is 0 Å². The van der Waals surface area contributed by atoms with E-state index in [0.717, 1.165) is 37.0 Å². The van der Waals surface area contributed by atoms with Crippen LogP contribution in [-0.4, -0.2) is 29.0 Å². The van der Waals surface area contributed by atoms with Crippen LogP contribution in [0.3, 0.4) is 0 Å². The molecule has 3 nitrogen and oxygen atoms in total. The van der Waals surface area contributed by atoms with Crippen molar-refractivity contribution >= 4 is 16.8 Å². The molecule has 132 valence electrons. The average Bonchev–Trinajstić information content (AvgIpc) is 2.95. The van der Waals surface area contributed by atoms with Gasteiger partial charge in [0.15, 0.2) is 0 Å². The van der Waals surface area contributed by atoms with Gasteiger partial charge in [0.05, 0.1) is 10.9 Å². The Balaban J connectivity index is 1.82. The number of fused-ring (bicyclic) bond motifs is 3. The molecule has 0 saturated carbocycles. The first-order chi connectivity index (χ1) is 12.5. The Bertz CT molecular complexity index is 1050. The van der Waals surface area contributed by atoms with Gasteiger partial charge < -0.3 is 4.90 Å². The molecule has 1 atom stereocenters. The lowest BCUT2D eigenvalue weighted by Crippen LogP contribution is -2.43.